The summed E-state index contributed by atoms with van der Waals surface area (Å²) in [7, 11) is 0. The van der Waals surface area contributed by atoms with Gasteiger partial charge < -0.3 is 10.1 Å². The van der Waals surface area contributed by atoms with Gasteiger partial charge in [0.1, 0.15) is 17.3 Å². The van der Waals surface area contributed by atoms with Crippen molar-refractivity contribution in [2.45, 2.75) is 63.8 Å². The van der Waals surface area contributed by atoms with Gasteiger partial charge in [0.05, 0.1) is 29.4 Å². The molecule has 2 aromatic heterocycles. The monoisotopic (exact) mass is 520 g/mol. The van der Waals surface area contributed by atoms with Crippen molar-refractivity contribution in [2.24, 2.45) is 0 Å². The number of rotatable bonds is 10. The highest BCUT2D eigenvalue weighted by atomic mass is 32.2. The number of ether oxygens (including phenoxy) is 1. The van der Waals surface area contributed by atoms with Gasteiger partial charge in [0.15, 0.2) is 0 Å². The Morgan fingerprint density at radius 3 is 2.70 bits per heavy atom. The molecule has 194 valence electrons. The van der Waals surface area contributed by atoms with Crippen molar-refractivity contribution in [3.8, 4) is 11.5 Å². The summed E-state index contributed by atoms with van der Waals surface area (Å²) in [6.07, 6.45) is 8.54. The average Bonchev–Trinajstić information content (AvgIpc) is 3.33. The molecule has 6 nitrogen and oxygen atoms in total. The SMILES string of the molecule is CCCCCSc1ccc2nccc(Oc3ccc(CC(=O)Nc4cnn(C(C)(C)C)c4)c(F)c3)c2c1. The van der Waals surface area contributed by atoms with E-state index in [0.29, 0.717) is 22.7 Å². The molecule has 0 aliphatic heterocycles. The molecule has 0 fully saturated rings. The predicted molar refractivity (Wildman–Crippen MR) is 148 cm³/mol. The van der Waals surface area contributed by atoms with Crippen molar-refractivity contribution in [1.82, 2.24) is 14.8 Å². The van der Waals surface area contributed by atoms with E-state index in [1.54, 1.807) is 41.5 Å². The Hall–Kier alpha value is -3.39. The normalized spacial score (nSPS) is 11.6. The van der Waals surface area contributed by atoms with E-state index in [0.717, 1.165) is 21.6 Å². The third-order valence-electron chi connectivity index (χ3n) is 5.85. The molecule has 2 aromatic carbocycles. The minimum Gasteiger partial charge on any atom is -0.456 e. The average molecular weight is 521 g/mol. The Bertz CT molecular complexity index is 1380. The first-order valence-electron chi connectivity index (χ1n) is 12.6. The van der Waals surface area contributed by atoms with Crippen molar-refractivity contribution >= 4 is 34.3 Å². The van der Waals surface area contributed by atoms with E-state index in [4.69, 9.17) is 4.74 Å². The number of nitrogens with one attached hydrogen (secondary N) is 1. The summed E-state index contributed by atoms with van der Waals surface area (Å²) in [4.78, 5) is 18.1. The number of unbranched alkanes of at least 4 members (excludes halogenated alkanes) is 2. The summed E-state index contributed by atoms with van der Waals surface area (Å²) in [5.74, 6) is 1.23. The molecule has 0 saturated carbocycles. The number of fused-ring (bicyclic) bond motifs is 1. The molecule has 0 unspecified atom stereocenters. The summed E-state index contributed by atoms with van der Waals surface area (Å²) in [5.41, 5.74) is 1.49. The Balaban J connectivity index is 1.43. The maximum absolute atomic E-state index is 14.9. The quantitative estimate of drug-likeness (QED) is 0.172. The molecule has 4 rings (SSSR count). The molecule has 0 spiro atoms. The number of carbonyl (C=O) groups is 1. The van der Waals surface area contributed by atoms with Gasteiger partial charge >= 0.3 is 0 Å². The second kappa shape index (κ2) is 11.8. The zero-order valence-electron chi connectivity index (χ0n) is 21.8. The summed E-state index contributed by atoms with van der Waals surface area (Å²) in [5, 5.41) is 7.93. The van der Waals surface area contributed by atoms with Gasteiger partial charge in [0, 0.05) is 28.7 Å². The van der Waals surface area contributed by atoms with Crippen molar-refractivity contribution in [1.29, 1.82) is 0 Å². The van der Waals surface area contributed by atoms with Gasteiger partial charge in [-0.2, -0.15) is 5.10 Å². The molecule has 1 N–H and O–H groups in total. The molecule has 0 bridgehead atoms. The number of aromatic nitrogens is 3. The molecule has 0 radical (unpaired) electrons. The number of amides is 1. The van der Waals surface area contributed by atoms with Gasteiger partial charge in [-0.25, -0.2) is 4.39 Å². The second-order valence-corrected chi connectivity index (χ2v) is 11.1. The molecule has 37 heavy (non-hydrogen) atoms. The van der Waals surface area contributed by atoms with Crippen molar-refractivity contribution in [3.63, 3.8) is 0 Å². The number of anilines is 1. The molecule has 0 aliphatic rings. The standard InChI is InChI=1S/C29H33FN4O2S/c1-5-6-7-14-37-23-10-11-26-24(17-23)27(12-13-31-26)36-22-9-8-20(25(30)16-22)15-28(35)33-21-18-32-34(19-21)29(2,3)4/h8-13,16-19H,5-7,14-15H2,1-4H3,(H,33,35). The summed E-state index contributed by atoms with van der Waals surface area (Å²) in [6.45, 7) is 8.26. The van der Waals surface area contributed by atoms with Crippen LogP contribution in [0.3, 0.4) is 0 Å². The zero-order chi connectivity index (χ0) is 26.4. The van der Waals surface area contributed by atoms with Gasteiger partial charge in [-0.05, 0) is 68.8 Å². The lowest BCUT2D eigenvalue weighted by Gasteiger charge is -2.18. The first kappa shape index (κ1) is 26.7. The lowest BCUT2D eigenvalue weighted by atomic mass is 10.1. The number of pyridine rings is 1. The van der Waals surface area contributed by atoms with Crippen LogP contribution in [0, 0.1) is 5.82 Å². The van der Waals surface area contributed by atoms with E-state index in [2.05, 4.69) is 34.5 Å². The van der Waals surface area contributed by atoms with Crippen LogP contribution in [0.5, 0.6) is 11.5 Å². The fraction of sp³-hybridized carbons (Fsp3) is 0.345. The van der Waals surface area contributed by atoms with Gasteiger partial charge in [-0.15, -0.1) is 11.8 Å². The Morgan fingerprint density at radius 1 is 1.14 bits per heavy atom. The number of carbonyl (C=O) groups excluding carboxylic acids is 1. The van der Waals surface area contributed by atoms with Crippen molar-refractivity contribution in [2.75, 3.05) is 11.1 Å². The van der Waals surface area contributed by atoms with Crippen LogP contribution in [0.1, 0.15) is 52.5 Å². The first-order chi connectivity index (χ1) is 17.7. The number of benzene rings is 2. The lowest BCUT2D eigenvalue weighted by Crippen LogP contribution is -2.22. The van der Waals surface area contributed by atoms with Crippen molar-refractivity contribution in [3.05, 3.63) is 72.4 Å². The molecule has 8 heteroatoms. The smallest absolute Gasteiger partial charge is 0.228 e. The van der Waals surface area contributed by atoms with Gasteiger partial charge in [-0.3, -0.25) is 14.5 Å². The Morgan fingerprint density at radius 2 is 1.97 bits per heavy atom. The second-order valence-electron chi connectivity index (χ2n) is 9.97. The van der Waals surface area contributed by atoms with Gasteiger partial charge in [0.25, 0.3) is 0 Å². The van der Waals surface area contributed by atoms with Gasteiger partial charge in [0.2, 0.25) is 5.91 Å². The highest BCUT2D eigenvalue weighted by Crippen LogP contribution is 2.33. The first-order valence-corrected chi connectivity index (χ1v) is 13.5. The number of thioether (sulfide) groups is 1. The van der Waals surface area contributed by atoms with Crippen LogP contribution in [0.15, 0.2) is 66.0 Å². The highest BCUT2D eigenvalue weighted by Gasteiger charge is 2.16. The van der Waals surface area contributed by atoms with Crippen LogP contribution < -0.4 is 10.1 Å². The van der Waals surface area contributed by atoms with E-state index < -0.39 is 5.82 Å². The van der Waals surface area contributed by atoms with Crippen LogP contribution >= 0.6 is 11.8 Å². The minimum atomic E-state index is -0.497. The molecule has 4 aromatic rings. The minimum absolute atomic E-state index is 0.0936. The van der Waals surface area contributed by atoms with Crippen LogP contribution in [0.2, 0.25) is 0 Å². The van der Waals surface area contributed by atoms with Crippen LogP contribution in [0.25, 0.3) is 10.9 Å². The fourth-order valence-electron chi connectivity index (χ4n) is 3.82. The number of nitrogens with zero attached hydrogens (tertiary/aromatic N) is 3. The maximum atomic E-state index is 14.9. The third kappa shape index (κ3) is 7.10. The molecule has 2 heterocycles. The summed E-state index contributed by atoms with van der Waals surface area (Å²) in [6, 6.07) is 12.5. The topological polar surface area (TPSA) is 69.0 Å². The fourth-order valence-corrected chi connectivity index (χ4v) is 4.76. The van der Waals surface area contributed by atoms with E-state index >= 15 is 0 Å². The van der Waals surface area contributed by atoms with E-state index in [9.17, 15) is 9.18 Å². The van der Waals surface area contributed by atoms with E-state index in [1.165, 1.54) is 25.3 Å². The summed E-state index contributed by atoms with van der Waals surface area (Å²) < 4.78 is 22.7. The molecule has 0 atom stereocenters. The molecule has 0 saturated heterocycles. The number of hydrogen-bond donors (Lipinski definition) is 1. The van der Waals surface area contributed by atoms with Crippen LogP contribution in [-0.2, 0) is 16.8 Å². The molecule has 1 amide bonds. The van der Waals surface area contributed by atoms with E-state index in [1.807, 2.05) is 38.6 Å². The Kier molecular flexibility index (Phi) is 8.48. The summed E-state index contributed by atoms with van der Waals surface area (Å²) >= 11 is 1.82. The zero-order valence-corrected chi connectivity index (χ0v) is 22.6. The lowest BCUT2D eigenvalue weighted by molar-refractivity contribution is -0.115. The van der Waals surface area contributed by atoms with Crippen molar-refractivity contribution < 1.29 is 13.9 Å². The third-order valence-corrected chi connectivity index (χ3v) is 6.93. The number of halogens is 1. The molecule has 0 aliphatic carbocycles. The predicted octanol–water partition coefficient (Wildman–Crippen LogP) is 7.58. The number of hydrogen-bond acceptors (Lipinski definition) is 5. The van der Waals surface area contributed by atoms with Gasteiger partial charge in [-0.1, -0.05) is 25.8 Å². The van der Waals surface area contributed by atoms with E-state index in [-0.39, 0.29) is 17.9 Å². The highest BCUT2D eigenvalue weighted by molar-refractivity contribution is 7.99. The van der Waals surface area contributed by atoms with Crippen LogP contribution in [-0.4, -0.2) is 26.4 Å². The molecular formula is C29H33FN4O2S. The maximum Gasteiger partial charge on any atom is 0.228 e. The van der Waals surface area contributed by atoms with Crippen LogP contribution in [0.4, 0.5) is 10.1 Å². The molecular weight excluding hydrogens is 487 g/mol. The Labute approximate surface area is 221 Å². The largest absolute Gasteiger partial charge is 0.456 e.